The number of aliphatic hydroxyl groups is 2. The summed E-state index contributed by atoms with van der Waals surface area (Å²) in [5.74, 6) is -0.593. The highest BCUT2D eigenvalue weighted by Crippen LogP contribution is 2.21. The van der Waals surface area contributed by atoms with E-state index < -0.39 is 5.97 Å². The van der Waals surface area contributed by atoms with Gasteiger partial charge in [0, 0.05) is 32.6 Å². The third kappa shape index (κ3) is 5.34. The van der Waals surface area contributed by atoms with Crippen LogP contribution in [-0.2, 0) is 4.79 Å². The second-order valence-electron chi connectivity index (χ2n) is 5.10. The Kier molecular flexibility index (Phi) is 7.32. The van der Waals surface area contributed by atoms with Crippen molar-refractivity contribution in [2.75, 3.05) is 39.4 Å². The molecule has 20 heavy (non-hydrogen) atoms. The van der Waals surface area contributed by atoms with Gasteiger partial charge in [-0.1, -0.05) is 0 Å². The lowest BCUT2D eigenvalue weighted by Gasteiger charge is -2.36. The molecule has 0 saturated carbocycles. The Hall–Kier alpha value is -1.34. The van der Waals surface area contributed by atoms with Crippen molar-refractivity contribution in [3.8, 4) is 0 Å². The zero-order valence-corrected chi connectivity index (χ0v) is 11.7. The van der Waals surface area contributed by atoms with E-state index in [2.05, 4.69) is 0 Å². The molecule has 1 heterocycles. The standard InChI is InChI=1S/C13H24N2O5/c16-8-6-14(7-9-17)13(20)15-5-1-2-11(10-15)3-4-12(18)19/h11,16-17H,1-10H2,(H,18,19). The van der Waals surface area contributed by atoms with E-state index in [0.717, 1.165) is 12.8 Å². The highest BCUT2D eigenvalue weighted by Gasteiger charge is 2.26. The van der Waals surface area contributed by atoms with Gasteiger partial charge in [0.25, 0.3) is 0 Å². The van der Waals surface area contributed by atoms with Gasteiger partial charge in [0.2, 0.25) is 0 Å². The molecule has 0 aromatic rings. The van der Waals surface area contributed by atoms with Gasteiger partial charge in [-0.25, -0.2) is 4.79 Å². The number of piperidine rings is 1. The van der Waals surface area contributed by atoms with Gasteiger partial charge in [-0.05, 0) is 25.2 Å². The first kappa shape index (κ1) is 16.7. The van der Waals surface area contributed by atoms with Crippen LogP contribution in [0.25, 0.3) is 0 Å². The zero-order valence-electron chi connectivity index (χ0n) is 11.7. The lowest BCUT2D eigenvalue weighted by atomic mass is 9.93. The average molecular weight is 288 g/mol. The number of hydrogen-bond acceptors (Lipinski definition) is 4. The number of rotatable bonds is 7. The molecule has 0 aromatic heterocycles. The smallest absolute Gasteiger partial charge is 0.320 e. The van der Waals surface area contributed by atoms with E-state index in [1.54, 1.807) is 4.90 Å². The maximum Gasteiger partial charge on any atom is 0.320 e. The van der Waals surface area contributed by atoms with Crippen LogP contribution in [0.1, 0.15) is 25.7 Å². The number of aliphatic carboxylic acids is 1. The molecule has 1 unspecified atom stereocenters. The van der Waals surface area contributed by atoms with E-state index in [1.165, 1.54) is 4.90 Å². The first-order valence-corrected chi connectivity index (χ1v) is 7.05. The molecule has 1 fully saturated rings. The largest absolute Gasteiger partial charge is 0.481 e. The first-order valence-electron chi connectivity index (χ1n) is 7.05. The SMILES string of the molecule is O=C(O)CCC1CCCN(C(=O)N(CCO)CCO)C1. The summed E-state index contributed by atoms with van der Waals surface area (Å²) in [7, 11) is 0. The number of nitrogens with zero attached hydrogens (tertiary/aromatic N) is 2. The van der Waals surface area contributed by atoms with Crippen LogP contribution in [0.3, 0.4) is 0 Å². The minimum absolute atomic E-state index is 0.129. The fourth-order valence-electron chi connectivity index (χ4n) is 2.55. The van der Waals surface area contributed by atoms with Crippen molar-refractivity contribution in [3.63, 3.8) is 0 Å². The second-order valence-corrected chi connectivity index (χ2v) is 5.10. The molecular formula is C13H24N2O5. The Bertz CT molecular complexity index is 318. The van der Waals surface area contributed by atoms with Gasteiger partial charge in [0.15, 0.2) is 0 Å². The fourth-order valence-corrected chi connectivity index (χ4v) is 2.55. The molecular weight excluding hydrogens is 264 g/mol. The predicted octanol–water partition coefficient (Wildman–Crippen LogP) is -0.0302. The van der Waals surface area contributed by atoms with Crippen molar-refractivity contribution in [2.24, 2.45) is 5.92 Å². The lowest BCUT2D eigenvalue weighted by molar-refractivity contribution is -0.137. The van der Waals surface area contributed by atoms with Gasteiger partial charge in [0.05, 0.1) is 13.2 Å². The molecule has 0 aromatic carbocycles. The van der Waals surface area contributed by atoms with Crippen molar-refractivity contribution < 1.29 is 24.9 Å². The molecule has 1 saturated heterocycles. The Morgan fingerprint density at radius 3 is 2.40 bits per heavy atom. The Balaban J connectivity index is 2.51. The first-order chi connectivity index (χ1) is 9.58. The predicted molar refractivity (Wildman–Crippen MR) is 72.3 cm³/mol. The number of likely N-dealkylation sites (tertiary alicyclic amines) is 1. The van der Waals surface area contributed by atoms with Crippen LogP contribution in [0.5, 0.6) is 0 Å². The summed E-state index contributed by atoms with van der Waals surface area (Å²) >= 11 is 0. The average Bonchev–Trinajstić information content (AvgIpc) is 2.44. The summed E-state index contributed by atoms with van der Waals surface area (Å²) in [5.41, 5.74) is 0. The van der Waals surface area contributed by atoms with Crippen LogP contribution in [-0.4, -0.2) is 76.5 Å². The number of hydrogen-bond donors (Lipinski definition) is 3. The third-order valence-electron chi connectivity index (χ3n) is 3.57. The normalized spacial score (nSPS) is 18.9. The number of urea groups is 1. The van der Waals surface area contributed by atoms with Crippen molar-refractivity contribution in [1.82, 2.24) is 9.80 Å². The van der Waals surface area contributed by atoms with E-state index in [1.807, 2.05) is 0 Å². The van der Waals surface area contributed by atoms with Gasteiger partial charge in [-0.2, -0.15) is 0 Å². The Morgan fingerprint density at radius 2 is 1.85 bits per heavy atom. The van der Waals surface area contributed by atoms with Crippen molar-refractivity contribution in [1.29, 1.82) is 0 Å². The topological polar surface area (TPSA) is 101 Å². The third-order valence-corrected chi connectivity index (χ3v) is 3.57. The van der Waals surface area contributed by atoms with Crippen LogP contribution in [0.2, 0.25) is 0 Å². The van der Waals surface area contributed by atoms with Gasteiger partial charge in [-0.15, -0.1) is 0 Å². The molecule has 116 valence electrons. The number of amides is 2. The molecule has 1 rings (SSSR count). The highest BCUT2D eigenvalue weighted by atomic mass is 16.4. The molecule has 1 aliphatic heterocycles. The molecule has 7 heteroatoms. The van der Waals surface area contributed by atoms with Crippen LogP contribution < -0.4 is 0 Å². The number of carbonyl (C=O) groups is 2. The molecule has 0 radical (unpaired) electrons. The number of aliphatic hydroxyl groups excluding tert-OH is 2. The van der Waals surface area contributed by atoms with E-state index in [0.29, 0.717) is 19.5 Å². The molecule has 0 bridgehead atoms. The summed E-state index contributed by atoms with van der Waals surface area (Å²) < 4.78 is 0. The molecule has 1 aliphatic rings. The molecule has 1 atom stereocenters. The summed E-state index contributed by atoms with van der Waals surface area (Å²) in [6.45, 7) is 1.34. The van der Waals surface area contributed by atoms with E-state index in [4.69, 9.17) is 15.3 Å². The minimum atomic E-state index is -0.810. The van der Waals surface area contributed by atoms with Crippen molar-refractivity contribution in [3.05, 3.63) is 0 Å². The lowest BCUT2D eigenvalue weighted by Crippen LogP contribution is -2.49. The highest BCUT2D eigenvalue weighted by molar-refractivity contribution is 5.74. The molecule has 3 N–H and O–H groups in total. The number of carboxylic acid groups (broad SMARTS) is 1. The van der Waals surface area contributed by atoms with Gasteiger partial charge >= 0.3 is 12.0 Å². The van der Waals surface area contributed by atoms with Crippen LogP contribution >= 0.6 is 0 Å². The minimum Gasteiger partial charge on any atom is -0.481 e. The number of carboxylic acids is 1. The van der Waals surface area contributed by atoms with Gasteiger partial charge in [0.1, 0.15) is 0 Å². The summed E-state index contributed by atoms with van der Waals surface area (Å²) in [6, 6.07) is -0.187. The van der Waals surface area contributed by atoms with Gasteiger partial charge < -0.3 is 25.1 Å². The Labute approximate surface area is 118 Å². The fraction of sp³-hybridized carbons (Fsp3) is 0.846. The van der Waals surface area contributed by atoms with Crippen molar-refractivity contribution >= 4 is 12.0 Å². The molecule has 7 nitrogen and oxygen atoms in total. The second kappa shape index (κ2) is 8.76. The maximum absolute atomic E-state index is 12.3. The van der Waals surface area contributed by atoms with Crippen LogP contribution in [0, 0.1) is 5.92 Å². The molecule has 2 amide bonds. The molecule has 0 spiro atoms. The van der Waals surface area contributed by atoms with E-state index in [-0.39, 0.29) is 44.7 Å². The number of carbonyl (C=O) groups excluding carboxylic acids is 1. The van der Waals surface area contributed by atoms with E-state index in [9.17, 15) is 9.59 Å². The monoisotopic (exact) mass is 288 g/mol. The Morgan fingerprint density at radius 1 is 1.20 bits per heavy atom. The van der Waals surface area contributed by atoms with Crippen LogP contribution in [0.4, 0.5) is 4.79 Å². The summed E-state index contributed by atoms with van der Waals surface area (Å²) in [6.07, 6.45) is 2.52. The van der Waals surface area contributed by atoms with Gasteiger partial charge in [-0.3, -0.25) is 4.79 Å². The van der Waals surface area contributed by atoms with Crippen molar-refractivity contribution in [2.45, 2.75) is 25.7 Å². The quantitative estimate of drug-likeness (QED) is 0.610. The zero-order chi connectivity index (χ0) is 15.0. The van der Waals surface area contributed by atoms with E-state index >= 15 is 0 Å². The molecule has 0 aliphatic carbocycles. The van der Waals surface area contributed by atoms with Crippen LogP contribution in [0.15, 0.2) is 0 Å². The summed E-state index contributed by atoms with van der Waals surface area (Å²) in [5, 5.41) is 26.6. The maximum atomic E-state index is 12.3. The summed E-state index contributed by atoms with van der Waals surface area (Å²) in [4.78, 5) is 26.0.